The molecule has 0 aromatic rings. The molecule has 0 aromatic carbocycles. The van der Waals surface area contributed by atoms with Crippen molar-refractivity contribution in [2.75, 3.05) is 31.9 Å². The van der Waals surface area contributed by atoms with Crippen LogP contribution in [0, 0.1) is 5.41 Å². The monoisotopic (exact) mass is 284 g/mol. The van der Waals surface area contributed by atoms with E-state index in [-0.39, 0.29) is 0 Å². The van der Waals surface area contributed by atoms with Gasteiger partial charge in [0.1, 0.15) is 0 Å². The summed E-state index contributed by atoms with van der Waals surface area (Å²) >= 11 is 1.88. The molecule has 2 fully saturated rings. The SMILES string of the molecule is CCC1(CC)CCN(C(=O)CSC2CCNCC2)C1. The number of carbonyl (C=O) groups excluding carboxylic acids is 1. The normalized spacial score (nSPS) is 23.8. The lowest BCUT2D eigenvalue weighted by molar-refractivity contribution is -0.127. The van der Waals surface area contributed by atoms with E-state index in [4.69, 9.17) is 0 Å². The summed E-state index contributed by atoms with van der Waals surface area (Å²) in [5.41, 5.74) is 0.412. The molecule has 4 heteroatoms. The molecule has 0 atom stereocenters. The largest absolute Gasteiger partial charge is 0.341 e. The Morgan fingerprint density at radius 2 is 2.00 bits per heavy atom. The molecule has 0 saturated carbocycles. The fourth-order valence-electron chi connectivity index (χ4n) is 3.22. The van der Waals surface area contributed by atoms with Crippen LogP contribution in [0.1, 0.15) is 46.0 Å². The third-order valence-corrected chi connectivity index (χ3v) is 6.38. The maximum Gasteiger partial charge on any atom is 0.232 e. The first kappa shape index (κ1) is 15.2. The molecule has 0 unspecified atom stereocenters. The van der Waals surface area contributed by atoms with Crippen molar-refractivity contribution < 1.29 is 4.79 Å². The van der Waals surface area contributed by atoms with Gasteiger partial charge in [-0.2, -0.15) is 0 Å². The predicted octanol–water partition coefficient (Wildman–Crippen LogP) is 2.51. The quantitative estimate of drug-likeness (QED) is 0.842. The van der Waals surface area contributed by atoms with Crippen LogP contribution in [0.25, 0.3) is 0 Å². The number of nitrogens with one attached hydrogen (secondary N) is 1. The molecule has 0 aliphatic carbocycles. The van der Waals surface area contributed by atoms with Crippen LogP contribution in [-0.2, 0) is 4.79 Å². The van der Waals surface area contributed by atoms with Gasteiger partial charge in [0.05, 0.1) is 5.75 Å². The summed E-state index contributed by atoms with van der Waals surface area (Å²) in [6, 6.07) is 0. The highest BCUT2D eigenvalue weighted by atomic mass is 32.2. The Balaban J connectivity index is 1.74. The highest BCUT2D eigenvalue weighted by Crippen LogP contribution is 2.37. The third-order valence-electron chi connectivity index (χ3n) is 5.02. The van der Waals surface area contributed by atoms with Crippen molar-refractivity contribution in [2.45, 2.75) is 51.2 Å². The van der Waals surface area contributed by atoms with Crippen LogP contribution in [0.15, 0.2) is 0 Å². The lowest BCUT2D eigenvalue weighted by atomic mass is 9.82. The van der Waals surface area contributed by atoms with E-state index in [2.05, 4.69) is 24.1 Å². The third kappa shape index (κ3) is 3.88. The fraction of sp³-hybridized carbons (Fsp3) is 0.933. The van der Waals surface area contributed by atoms with E-state index in [0.717, 1.165) is 26.2 Å². The van der Waals surface area contributed by atoms with Crippen molar-refractivity contribution in [3.05, 3.63) is 0 Å². The predicted molar refractivity (Wildman–Crippen MR) is 82.6 cm³/mol. The Hall–Kier alpha value is -0.220. The van der Waals surface area contributed by atoms with Gasteiger partial charge >= 0.3 is 0 Å². The molecule has 0 aromatic heterocycles. The van der Waals surface area contributed by atoms with E-state index in [1.54, 1.807) is 0 Å². The number of amides is 1. The molecule has 0 radical (unpaired) electrons. The summed E-state index contributed by atoms with van der Waals surface area (Å²) < 4.78 is 0. The second kappa shape index (κ2) is 6.98. The van der Waals surface area contributed by atoms with Gasteiger partial charge in [-0.25, -0.2) is 0 Å². The van der Waals surface area contributed by atoms with Crippen molar-refractivity contribution in [1.29, 1.82) is 0 Å². The van der Waals surface area contributed by atoms with Crippen LogP contribution >= 0.6 is 11.8 Å². The standard InChI is InChI=1S/C15H28N2OS/c1-3-15(4-2)7-10-17(12-15)14(18)11-19-13-5-8-16-9-6-13/h13,16H,3-12H2,1-2H3. The molecule has 0 bridgehead atoms. The number of carbonyl (C=O) groups is 1. The molecule has 0 spiro atoms. The molecule has 2 aliphatic rings. The molecular weight excluding hydrogens is 256 g/mol. The van der Waals surface area contributed by atoms with Gasteiger partial charge in [0.15, 0.2) is 0 Å². The van der Waals surface area contributed by atoms with Gasteiger partial charge in [-0.1, -0.05) is 13.8 Å². The van der Waals surface area contributed by atoms with Gasteiger partial charge in [0.25, 0.3) is 0 Å². The summed E-state index contributed by atoms with van der Waals surface area (Å²) in [5, 5.41) is 4.06. The highest BCUT2D eigenvalue weighted by molar-refractivity contribution is 8.00. The van der Waals surface area contributed by atoms with Crippen molar-refractivity contribution in [3.63, 3.8) is 0 Å². The van der Waals surface area contributed by atoms with Gasteiger partial charge < -0.3 is 10.2 Å². The fourth-order valence-corrected chi connectivity index (χ4v) is 4.35. The van der Waals surface area contributed by atoms with Crippen LogP contribution in [0.4, 0.5) is 0 Å². The minimum atomic E-state index is 0.368. The summed E-state index contributed by atoms with van der Waals surface area (Å²) in [4.78, 5) is 14.4. The van der Waals surface area contributed by atoms with Gasteiger partial charge in [0.2, 0.25) is 5.91 Å². The number of hydrogen-bond donors (Lipinski definition) is 1. The zero-order valence-electron chi connectivity index (χ0n) is 12.4. The maximum atomic E-state index is 12.3. The van der Waals surface area contributed by atoms with Crippen molar-refractivity contribution in [3.8, 4) is 0 Å². The molecule has 2 saturated heterocycles. The van der Waals surface area contributed by atoms with E-state index in [1.165, 1.54) is 32.1 Å². The van der Waals surface area contributed by atoms with Gasteiger partial charge in [-0.05, 0) is 50.6 Å². The minimum Gasteiger partial charge on any atom is -0.341 e. The first-order chi connectivity index (χ1) is 9.19. The van der Waals surface area contributed by atoms with Crippen LogP contribution < -0.4 is 5.32 Å². The van der Waals surface area contributed by atoms with Crippen LogP contribution in [0.2, 0.25) is 0 Å². The topological polar surface area (TPSA) is 32.3 Å². The Labute approximate surface area is 121 Å². The minimum absolute atomic E-state index is 0.368. The summed E-state index contributed by atoms with van der Waals surface area (Å²) in [7, 11) is 0. The molecule has 19 heavy (non-hydrogen) atoms. The number of nitrogens with zero attached hydrogens (tertiary/aromatic N) is 1. The Kier molecular flexibility index (Phi) is 5.58. The summed E-state index contributed by atoms with van der Waals surface area (Å²) in [6.45, 7) is 8.73. The van der Waals surface area contributed by atoms with Gasteiger partial charge in [0, 0.05) is 18.3 Å². The molecule has 2 rings (SSSR count). The lowest BCUT2D eigenvalue weighted by Crippen LogP contribution is -2.34. The maximum absolute atomic E-state index is 12.3. The van der Waals surface area contributed by atoms with Gasteiger partial charge in [-0.15, -0.1) is 11.8 Å². The van der Waals surface area contributed by atoms with E-state index in [0.29, 0.717) is 22.3 Å². The molecule has 2 heterocycles. The molecule has 1 N–H and O–H groups in total. The van der Waals surface area contributed by atoms with Crippen molar-refractivity contribution >= 4 is 17.7 Å². The molecule has 2 aliphatic heterocycles. The van der Waals surface area contributed by atoms with Crippen molar-refractivity contribution in [1.82, 2.24) is 10.2 Å². The second-order valence-electron chi connectivity index (χ2n) is 6.03. The van der Waals surface area contributed by atoms with E-state index in [1.807, 2.05) is 11.8 Å². The zero-order valence-corrected chi connectivity index (χ0v) is 13.2. The number of thioether (sulfide) groups is 1. The molecular formula is C15H28N2OS. The number of hydrogen-bond acceptors (Lipinski definition) is 3. The Bertz CT molecular complexity index is 299. The van der Waals surface area contributed by atoms with E-state index >= 15 is 0 Å². The molecule has 1 amide bonds. The zero-order chi connectivity index (χ0) is 13.7. The number of piperidine rings is 1. The van der Waals surface area contributed by atoms with Crippen molar-refractivity contribution in [2.24, 2.45) is 5.41 Å². The lowest BCUT2D eigenvalue weighted by Gasteiger charge is -2.27. The van der Waals surface area contributed by atoms with Crippen LogP contribution in [0.5, 0.6) is 0 Å². The summed E-state index contributed by atoms with van der Waals surface area (Å²) in [5.74, 6) is 1.06. The van der Waals surface area contributed by atoms with E-state index in [9.17, 15) is 4.79 Å². The van der Waals surface area contributed by atoms with E-state index < -0.39 is 0 Å². The van der Waals surface area contributed by atoms with Crippen LogP contribution in [-0.4, -0.2) is 48.0 Å². The average Bonchev–Trinajstić information content (AvgIpc) is 2.91. The number of likely N-dealkylation sites (tertiary alicyclic amines) is 1. The van der Waals surface area contributed by atoms with Gasteiger partial charge in [-0.3, -0.25) is 4.79 Å². The second-order valence-corrected chi connectivity index (χ2v) is 7.32. The summed E-state index contributed by atoms with van der Waals surface area (Å²) in [6.07, 6.45) is 6.03. The Morgan fingerprint density at radius 3 is 2.58 bits per heavy atom. The first-order valence-corrected chi connectivity index (χ1v) is 8.84. The smallest absolute Gasteiger partial charge is 0.232 e. The Morgan fingerprint density at radius 1 is 1.32 bits per heavy atom. The number of rotatable bonds is 5. The average molecular weight is 284 g/mol. The molecule has 110 valence electrons. The van der Waals surface area contributed by atoms with Crippen LogP contribution in [0.3, 0.4) is 0 Å². The highest BCUT2D eigenvalue weighted by Gasteiger charge is 2.36. The molecule has 3 nitrogen and oxygen atoms in total. The first-order valence-electron chi connectivity index (χ1n) is 7.79.